The minimum Gasteiger partial charge on any atom is -0.465 e. The Hall–Kier alpha value is -3.13. The smallest absolute Gasteiger partial charge is 0.337 e. The fourth-order valence-electron chi connectivity index (χ4n) is 2.06. The molecule has 0 aliphatic rings. The monoisotopic (exact) mass is 341 g/mol. The number of nitro benzene ring substituents is 1. The fourth-order valence-corrected chi connectivity index (χ4v) is 2.91. The number of benzene rings is 2. The van der Waals surface area contributed by atoms with E-state index in [9.17, 15) is 14.9 Å². The van der Waals surface area contributed by atoms with Crippen LogP contribution in [0.15, 0.2) is 47.5 Å². The molecule has 0 aliphatic heterocycles. The molecule has 0 atom stereocenters. The average Bonchev–Trinajstić information content (AvgIpc) is 3.01. The summed E-state index contributed by atoms with van der Waals surface area (Å²) in [4.78, 5) is 30.5. The van der Waals surface area contributed by atoms with Crippen molar-refractivity contribution in [2.24, 2.45) is 4.99 Å². The van der Waals surface area contributed by atoms with Crippen LogP contribution in [0.25, 0.3) is 10.2 Å². The van der Waals surface area contributed by atoms with E-state index in [1.165, 1.54) is 36.8 Å². The number of hydrogen-bond acceptors (Lipinski definition) is 7. The van der Waals surface area contributed by atoms with E-state index < -0.39 is 10.9 Å². The molecule has 24 heavy (non-hydrogen) atoms. The number of aromatic nitrogens is 1. The second-order valence-corrected chi connectivity index (χ2v) is 5.79. The molecule has 2 aromatic carbocycles. The van der Waals surface area contributed by atoms with Gasteiger partial charge >= 0.3 is 5.97 Å². The molecule has 0 aliphatic carbocycles. The largest absolute Gasteiger partial charge is 0.465 e. The normalized spacial score (nSPS) is 11.0. The lowest BCUT2D eigenvalue weighted by atomic mass is 10.2. The highest BCUT2D eigenvalue weighted by atomic mass is 32.1. The molecule has 8 heteroatoms. The van der Waals surface area contributed by atoms with Crippen molar-refractivity contribution in [3.63, 3.8) is 0 Å². The van der Waals surface area contributed by atoms with Gasteiger partial charge in [-0.05, 0) is 23.8 Å². The van der Waals surface area contributed by atoms with Crippen molar-refractivity contribution in [2.75, 3.05) is 7.11 Å². The molecule has 3 rings (SSSR count). The van der Waals surface area contributed by atoms with Gasteiger partial charge in [0.25, 0.3) is 5.69 Å². The molecule has 7 nitrogen and oxygen atoms in total. The van der Waals surface area contributed by atoms with Gasteiger partial charge in [0.05, 0.1) is 27.8 Å². The number of hydrogen-bond donors (Lipinski definition) is 0. The Morgan fingerprint density at radius 2 is 2.17 bits per heavy atom. The SMILES string of the molecule is COC(=O)c1ccc2nc(N=Cc3cccc([N+](=O)[O-])c3)sc2c1. The second-order valence-electron chi connectivity index (χ2n) is 4.78. The Balaban J connectivity index is 1.88. The minimum atomic E-state index is -0.455. The van der Waals surface area contributed by atoms with Crippen LogP contribution in [0, 0.1) is 10.1 Å². The number of fused-ring (bicyclic) bond motifs is 1. The van der Waals surface area contributed by atoms with Crippen molar-refractivity contribution < 1.29 is 14.5 Å². The predicted octanol–water partition coefficient (Wildman–Crippen LogP) is 3.74. The first-order valence-electron chi connectivity index (χ1n) is 6.84. The van der Waals surface area contributed by atoms with Crippen molar-refractivity contribution in [3.05, 3.63) is 63.7 Å². The van der Waals surface area contributed by atoms with Crippen LogP contribution in [0.3, 0.4) is 0 Å². The summed E-state index contributed by atoms with van der Waals surface area (Å²) < 4.78 is 5.50. The molecule has 0 spiro atoms. The first-order chi connectivity index (χ1) is 11.6. The quantitative estimate of drug-likeness (QED) is 0.312. The summed E-state index contributed by atoms with van der Waals surface area (Å²) in [6, 6.07) is 11.2. The minimum absolute atomic E-state index is 0.00553. The molecule has 1 aromatic heterocycles. The van der Waals surface area contributed by atoms with Crippen molar-refractivity contribution >= 4 is 44.6 Å². The first kappa shape index (κ1) is 15.8. The third-order valence-electron chi connectivity index (χ3n) is 3.20. The maximum absolute atomic E-state index is 11.5. The molecule has 0 amide bonds. The summed E-state index contributed by atoms with van der Waals surface area (Å²) in [5.74, 6) is -0.410. The molecule has 0 N–H and O–H groups in total. The standard InChI is InChI=1S/C16H11N3O4S/c1-23-15(20)11-5-6-13-14(8-11)24-16(18-13)17-9-10-3-2-4-12(7-10)19(21)22/h2-9H,1H3. The lowest BCUT2D eigenvalue weighted by molar-refractivity contribution is -0.384. The van der Waals surface area contributed by atoms with E-state index in [1.54, 1.807) is 30.3 Å². The maximum atomic E-state index is 11.5. The summed E-state index contributed by atoms with van der Waals surface area (Å²) in [5, 5.41) is 11.3. The van der Waals surface area contributed by atoms with Crippen LogP contribution in [0.1, 0.15) is 15.9 Å². The van der Waals surface area contributed by atoms with Gasteiger partial charge in [0.15, 0.2) is 0 Å². The third kappa shape index (κ3) is 3.28. The topological polar surface area (TPSA) is 94.7 Å². The number of carbonyl (C=O) groups excluding carboxylic acids is 1. The molecule has 120 valence electrons. The molecule has 0 radical (unpaired) electrons. The van der Waals surface area contributed by atoms with Crippen LogP contribution < -0.4 is 0 Å². The van der Waals surface area contributed by atoms with E-state index in [0.717, 1.165) is 10.2 Å². The highest BCUT2D eigenvalue weighted by molar-refractivity contribution is 7.22. The van der Waals surface area contributed by atoms with Gasteiger partial charge in [-0.3, -0.25) is 10.1 Å². The highest BCUT2D eigenvalue weighted by Gasteiger charge is 2.09. The van der Waals surface area contributed by atoms with E-state index in [-0.39, 0.29) is 5.69 Å². The van der Waals surface area contributed by atoms with Gasteiger partial charge in [-0.2, -0.15) is 0 Å². The zero-order valence-electron chi connectivity index (χ0n) is 12.5. The number of non-ortho nitro benzene ring substituents is 1. The number of methoxy groups -OCH3 is 1. The van der Waals surface area contributed by atoms with Crippen LogP contribution >= 0.6 is 11.3 Å². The van der Waals surface area contributed by atoms with E-state index in [1.807, 2.05) is 0 Å². The fraction of sp³-hybridized carbons (Fsp3) is 0.0625. The lowest BCUT2D eigenvalue weighted by Crippen LogP contribution is -1.99. The van der Waals surface area contributed by atoms with Crippen LogP contribution in [0.4, 0.5) is 10.8 Å². The van der Waals surface area contributed by atoms with Crippen molar-refractivity contribution in [2.45, 2.75) is 0 Å². The zero-order chi connectivity index (χ0) is 17.1. The number of nitrogens with zero attached hydrogens (tertiary/aromatic N) is 3. The summed E-state index contributed by atoms with van der Waals surface area (Å²) in [6.45, 7) is 0. The molecule has 1 heterocycles. The molecule has 0 fully saturated rings. The van der Waals surface area contributed by atoms with Gasteiger partial charge in [-0.25, -0.2) is 14.8 Å². The van der Waals surface area contributed by atoms with E-state index in [2.05, 4.69) is 14.7 Å². The summed E-state index contributed by atoms with van der Waals surface area (Å²) in [5.41, 5.74) is 1.78. The average molecular weight is 341 g/mol. The number of nitro groups is 1. The van der Waals surface area contributed by atoms with Gasteiger partial charge in [-0.1, -0.05) is 23.5 Å². The Bertz CT molecular complexity index is 965. The Labute approximate surface area is 140 Å². The van der Waals surface area contributed by atoms with E-state index >= 15 is 0 Å². The van der Waals surface area contributed by atoms with Gasteiger partial charge in [0, 0.05) is 18.3 Å². The summed E-state index contributed by atoms with van der Waals surface area (Å²) in [6.07, 6.45) is 1.52. The number of aliphatic imine (C=N–C) groups is 1. The molecular formula is C16H11N3O4S. The Morgan fingerprint density at radius 3 is 2.92 bits per heavy atom. The van der Waals surface area contributed by atoms with Crippen molar-refractivity contribution in [3.8, 4) is 0 Å². The maximum Gasteiger partial charge on any atom is 0.337 e. The molecule has 0 saturated heterocycles. The van der Waals surface area contributed by atoms with Crippen LogP contribution in [-0.4, -0.2) is 29.2 Å². The van der Waals surface area contributed by atoms with Crippen molar-refractivity contribution in [1.82, 2.24) is 4.98 Å². The van der Waals surface area contributed by atoms with Gasteiger partial charge in [0.2, 0.25) is 5.13 Å². The first-order valence-corrected chi connectivity index (χ1v) is 7.66. The Kier molecular flexibility index (Phi) is 4.30. The number of carbonyl (C=O) groups is 1. The summed E-state index contributed by atoms with van der Waals surface area (Å²) >= 11 is 1.32. The molecular weight excluding hydrogens is 330 g/mol. The van der Waals surface area contributed by atoms with Gasteiger partial charge < -0.3 is 4.74 Å². The number of esters is 1. The predicted molar refractivity (Wildman–Crippen MR) is 91.3 cm³/mol. The Morgan fingerprint density at radius 1 is 1.33 bits per heavy atom. The number of ether oxygens (including phenoxy) is 1. The lowest BCUT2D eigenvalue weighted by Gasteiger charge is -1.97. The van der Waals surface area contributed by atoms with Gasteiger partial charge in [0.1, 0.15) is 0 Å². The van der Waals surface area contributed by atoms with Gasteiger partial charge in [-0.15, -0.1) is 0 Å². The highest BCUT2D eigenvalue weighted by Crippen LogP contribution is 2.29. The number of thiazole rings is 1. The van der Waals surface area contributed by atoms with Crippen LogP contribution in [0.2, 0.25) is 0 Å². The molecule has 0 unspecified atom stereocenters. The zero-order valence-corrected chi connectivity index (χ0v) is 13.3. The molecule has 3 aromatic rings. The second kappa shape index (κ2) is 6.55. The molecule has 0 saturated carbocycles. The van der Waals surface area contributed by atoms with E-state index in [4.69, 9.17) is 0 Å². The van der Waals surface area contributed by atoms with Crippen LogP contribution in [-0.2, 0) is 4.74 Å². The molecule has 0 bridgehead atoms. The van der Waals surface area contributed by atoms with Crippen LogP contribution in [0.5, 0.6) is 0 Å². The van der Waals surface area contributed by atoms with Crippen molar-refractivity contribution in [1.29, 1.82) is 0 Å². The third-order valence-corrected chi connectivity index (χ3v) is 4.13. The number of rotatable bonds is 4. The summed E-state index contributed by atoms with van der Waals surface area (Å²) in [7, 11) is 1.33. The van der Waals surface area contributed by atoms with E-state index in [0.29, 0.717) is 16.3 Å².